The first-order valence-corrected chi connectivity index (χ1v) is 6.20. The van der Waals surface area contributed by atoms with Gasteiger partial charge < -0.3 is 10.4 Å². The number of benzene rings is 1. The van der Waals surface area contributed by atoms with Crippen LogP contribution in [0.1, 0.15) is 36.5 Å². The Morgan fingerprint density at radius 2 is 1.89 bits per heavy atom. The monoisotopic (exact) mass is 247 g/mol. The molecule has 1 amide bonds. The lowest BCUT2D eigenvalue weighted by Gasteiger charge is -2.10. The first-order valence-electron chi connectivity index (χ1n) is 6.20. The van der Waals surface area contributed by atoms with E-state index in [1.807, 2.05) is 0 Å². The molecule has 0 aromatic heterocycles. The summed E-state index contributed by atoms with van der Waals surface area (Å²) in [5.74, 6) is -0.200. The fourth-order valence-electron chi connectivity index (χ4n) is 2.39. The molecule has 2 atom stereocenters. The van der Waals surface area contributed by atoms with E-state index in [2.05, 4.69) is 12.2 Å². The summed E-state index contributed by atoms with van der Waals surface area (Å²) in [4.78, 5) is 22.6. The summed E-state index contributed by atoms with van der Waals surface area (Å²) in [5.41, 5.74) is 0.882. The maximum absolute atomic E-state index is 12.0. The molecule has 4 nitrogen and oxygen atoms in total. The van der Waals surface area contributed by atoms with Crippen molar-refractivity contribution in [3.8, 4) is 0 Å². The molecule has 0 radical (unpaired) electrons. The largest absolute Gasteiger partial charge is 0.478 e. The molecule has 2 N–H and O–H groups in total. The standard InChI is InChI=1S/C14H17NO3/c1-9-2-3-11(8-9)13(16)15-12-6-4-10(5-7-12)14(17)18/h4-7,9,11H,2-3,8H2,1H3,(H,15,16)(H,17,18)/t9-,11?/m0/s1. The minimum atomic E-state index is -0.961. The third-order valence-corrected chi connectivity index (χ3v) is 3.46. The van der Waals surface area contributed by atoms with E-state index in [0.717, 1.165) is 19.3 Å². The van der Waals surface area contributed by atoms with Crippen molar-refractivity contribution >= 4 is 17.6 Å². The van der Waals surface area contributed by atoms with Crippen LogP contribution < -0.4 is 5.32 Å². The molecule has 18 heavy (non-hydrogen) atoms. The van der Waals surface area contributed by atoms with Crippen molar-refractivity contribution in [2.24, 2.45) is 11.8 Å². The third-order valence-electron chi connectivity index (χ3n) is 3.46. The maximum Gasteiger partial charge on any atom is 0.335 e. The molecule has 4 heteroatoms. The Hall–Kier alpha value is -1.84. The van der Waals surface area contributed by atoms with E-state index in [1.54, 1.807) is 12.1 Å². The predicted molar refractivity (Wildman–Crippen MR) is 68.5 cm³/mol. The van der Waals surface area contributed by atoms with E-state index in [4.69, 9.17) is 5.11 Å². The SMILES string of the molecule is C[C@H]1CCC(C(=O)Nc2ccc(C(=O)O)cc2)C1. The molecule has 0 spiro atoms. The van der Waals surface area contributed by atoms with Gasteiger partial charge in [0.25, 0.3) is 0 Å². The number of aromatic carboxylic acids is 1. The molecule has 1 fully saturated rings. The molecule has 0 heterocycles. The van der Waals surface area contributed by atoms with Gasteiger partial charge in [-0.15, -0.1) is 0 Å². The molecule has 0 aliphatic heterocycles. The smallest absolute Gasteiger partial charge is 0.335 e. The molecule has 1 aromatic rings. The predicted octanol–water partition coefficient (Wildman–Crippen LogP) is 2.76. The van der Waals surface area contributed by atoms with E-state index in [0.29, 0.717) is 11.6 Å². The second kappa shape index (κ2) is 5.21. The zero-order valence-corrected chi connectivity index (χ0v) is 10.3. The van der Waals surface area contributed by atoms with Gasteiger partial charge in [-0.2, -0.15) is 0 Å². The summed E-state index contributed by atoms with van der Waals surface area (Å²) in [6, 6.07) is 6.24. The van der Waals surface area contributed by atoms with Crippen LogP contribution in [-0.2, 0) is 4.79 Å². The highest BCUT2D eigenvalue weighted by molar-refractivity contribution is 5.93. The Morgan fingerprint density at radius 3 is 2.39 bits per heavy atom. The molecule has 2 rings (SSSR count). The second-order valence-electron chi connectivity index (χ2n) is 4.99. The number of amides is 1. The quantitative estimate of drug-likeness (QED) is 0.863. The molecular formula is C14H17NO3. The average molecular weight is 247 g/mol. The Balaban J connectivity index is 1.97. The molecule has 1 aromatic carbocycles. The second-order valence-corrected chi connectivity index (χ2v) is 4.99. The highest BCUT2D eigenvalue weighted by Gasteiger charge is 2.27. The van der Waals surface area contributed by atoms with Crippen LogP contribution in [0.2, 0.25) is 0 Å². The average Bonchev–Trinajstić information content (AvgIpc) is 2.76. The summed E-state index contributed by atoms with van der Waals surface area (Å²) >= 11 is 0. The van der Waals surface area contributed by atoms with Gasteiger partial charge >= 0.3 is 5.97 Å². The van der Waals surface area contributed by atoms with Crippen molar-refractivity contribution in [3.05, 3.63) is 29.8 Å². The number of hydrogen-bond donors (Lipinski definition) is 2. The highest BCUT2D eigenvalue weighted by atomic mass is 16.4. The van der Waals surface area contributed by atoms with Gasteiger partial charge in [-0.1, -0.05) is 6.92 Å². The van der Waals surface area contributed by atoms with Gasteiger partial charge in [-0.3, -0.25) is 4.79 Å². The Bertz CT molecular complexity index is 453. The van der Waals surface area contributed by atoms with Crippen LogP contribution >= 0.6 is 0 Å². The fraction of sp³-hybridized carbons (Fsp3) is 0.429. The molecule has 96 valence electrons. The van der Waals surface area contributed by atoms with Crippen molar-refractivity contribution in [3.63, 3.8) is 0 Å². The van der Waals surface area contributed by atoms with E-state index >= 15 is 0 Å². The fourth-order valence-corrected chi connectivity index (χ4v) is 2.39. The van der Waals surface area contributed by atoms with Crippen LogP contribution in [-0.4, -0.2) is 17.0 Å². The zero-order valence-electron chi connectivity index (χ0n) is 10.3. The Morgan fingerprint density at radius 1 is 1.22 bits per heavy atom. The summed E-state index contributed by atoms with van der Waals surface area (Å²) in [6.07, 6.45) is 3.00. The van der Waals surface area contributed by atoms with Crippen molar-refractivity contribution < 1.29 is 14.7 Å². The number of nitrogens with one attached hydrogen (secondary N) is 1. The molecule has 1 aliphatic carbocycles. The number of rotatable bonds is 3. The van der Waals surface area contributed by atoms with E-state index < -0.39 is 5.97 Å². The van der Waals surface area contributed by atoms with Crippen LogP contribution in [0.4, 0.5) is 5.69 Å². The van der Waals surface area contributed by atoms with E-state index in [9.17, 15) is 9.59 Å². The first-order chi connectivity index (χ1) is 8.56. The number of carbonyl (C=O) groups is 2. The summed E-state index contributed by atoms with van der Waals surface area (Å²) < 4.78 is 0. The Kier molecular flexibility index (Phi) is 3.65. The van der Waals surface area contributed by atoms with Gasteiger partial charge in [0.1, 0.15) is 0 Å². The zero-order chi connectivity index (χ0) is 13.1. The third kappa shape index (κ3) is 2.88. The van der Waals surface area contributed by atoms with Crippen molar-refractivity contribution in [1.82, 2.24) is 0 Å². The summed E-state index contributed by atoms with van der Waals surface area (Å²) in [6.45, 7) is 2.16. The summed E-state index contributed by atoms with van der Waals surface area (Å²) in [7, 11) is 0. The minimum Gasteiger partial charge on any atom is -0.478 e. The molecule has 1 saturated carbocycles. The van der Waals surface area contributed by atoms with Gasteiger partial charge in [-0.25, -0.2) is 4.79 Å². The number of hydrogen-bond acceptors (Lipinski definition) is 2. The number of anilines is 1. The van der Waals surface area contributed by atoms with Crippen LogP contribution in [0, 0.1) is 11.8 Å². The Labute approximate surface area is 106 Å². The number of carboxylic acid groups (broad SMARTS) is 1. The normalized spacial score (nSPS) is 22.7. The van der Waals surface area contributed by atoms with Crippen LogP contribution in [0.25, 0.3) is 0 Å². The van der Waals surface area contributed by atoms with Crippen LogP contribution in [0.5, 0.6) is 0 Å². The molecule has 1 unspecified atom stereocenters. The van der Waals surface area contributed by atoms with Gasteiger partial charge in [0.15, 0.2) is 0 Å². The molecular weight excluding hydrogens is 230 g/mol. The minimum absolute atomic E-state index is 0.0439. The van der Waals surface area contributed by atoms with Crippen LogP contribution in [0.3, 0.4) is 0 Å². The molecule has 0 saturated heterocycles. The molecule has 1 aliphatic rings. The summed E-state index contributed by atoms with van der Waals surface area (Å²) in [5, 5.41) is 11.6. The highest BCUT2D eigenvalue weighted by Crippen LogP contribution is 2.31. The van der Waals surface area contributed by atoms with Crippen molar-refractivity contribution in [2.45, 2.75) is 26.2 Å². The van der Waals surface area contributed by atoms with Crippen molar-refractivity contribution in [1.29, 1.82) is 0 Å². The lowest BCUT2D eigenvalue weighted by atomic mass is 10.1. The number of carboxylic acids is 1. The lowest BCUT2D eigenvalue weighted by molar-refractivity contribution is -0.119. The first kappa shape index (κ1) is 12.6. The molecule has 0 bridgehead atoms. The van der Waals surface area contributed by atoms with E-state index in [1.165, 1.54) is 12.1 Å². The maximum atomic E-state index is 12.0. The van der Waals surface area contributed by atoms with Gasteiger partial charge in [0.2, 0.25) is 5.91 Å². The lowest BCUT2D eigenvalue weighted by Crippen LogP contribution is -2.20. The van der Waals surface area contributed by atoms with Gasteiger partial charge in [-0.05, 0) is 49.4 Å². The van der Waals surface area contributed by atoms with Gasteiger partial charge in [0.05, 0.1) is 5.56 Å². The van der Waals surface area contributed by atoms with Crippen molar-refractivity contribution in [2.75, 3.05) is 5.32 Å². The number of carbonyl (C=O) groups excluding carboxylic acids is 1. The van der Waals surface area contributed by atoms with Gasteiger partial charge in [0, 0.05) is 11.6 Å². The topological polar surface area (TPSA) is 66.4 Å². The van der Waals surface area contributed by atoms with E-state index in [-0.39, 0.29) is 17.4 Å². The van der Waals surface area contributed by atoms with Crippen LogP contribution in [0.15, 0.2) is 24.3 Å².